The van der Waals surface area contributed by atoms with Gasteiger partial charge in [-0.1, -0.05) is 0 Å². The van der Waals surface area contributed by atoms with E-state index in [4.69, 9.17) is 5.11 Å². The maximum atomic E-state index is 11.1. The van der Waals surface area contributed by atoms with Crippen LogP contribution in [0.3, 0.4) is 0 Å². The van der Waals surface area contributed by atoms with E-state index in [1.165, 1.54) is 10.4 Å². The molecule has 0 aromatic carbocycles. The first kappa shape index (κ1) is 10.9. The van der Waals surface area contributed by atoms with Gasteiger partial charge >= 0.3 is 5.97 Å². The van der Waals surface area contributed by atoms with Gasteiger partial charge in [-0.3, -0.25) is 4.79 Å². The van der Waals surface area contributed by atoms with Crippen LogP contribution >= 0.6 is 22.7 Å². The molecule has 0 fully saturated rings. The number of fused-ring (bicyclic) bond motifs is 1. The minimum Gasteiger partial charge on any atom is -0.481 e. The Kier molecular flexibility index (Phi) is 2.52. The van der Waals surface area contributed by atoms with E-state index >= 15 is 0 Å². The van der Waals surface area contributed by atoms with E-state index in [1.54, 1.807) is 22.7 Å². The van der Waals surface area contributed by atoms with Gasteiger partial charge in [0.2, 0.25) is 0 Å². The highest BCUT2D eigenvalue weighted by Gasteiger charge is 2.32. The molecule has 5 heteroatoms. The molecule has 2 aromatic rings. The average Bonchev–Trinajstić information content (AvgIpc) is 2.89. The molecule has 88 valence electrons. The van der Waals surface area contributed by atoms with Crippen molar-refractivity contribution in [3.63, 3.8) is 0 Å². The van der Waals surface area contributed by atoms with E-state index in [2.05, 4.69) is 18.0 Å². The van der Waals surface area contributed by atoms with Crippen LogP contribution in [0.1, 0.15) is 28.5 Å². The normalized spacial score (nSPS) is 18.3. The Labute approximate surface area is 107 Å². The third-order valence-corrected chi connectivity index (χ3v) is 5.37. The van der Waals surface area contributed by atoms with Crippen molar-refractivity contribution < 1.29 is 9.90 Å². The summed E-state index contributed by atoms with van der Waals surface area (Å²) in [7, 11) is 0. The lowest BCUT2D eigenvalue weighted by atomic mass is 10.1. The van der Waals surface area contributed by atoms with Gasteiger partial charge in [-0.15, -0.1) is 22.7 Å². The number of carbonyl (C=O) groups is 1. The number of thiophene rings is 1. The number of thiazole rings is 1. The van der Waals surface area contributed by atoms with Crippen LogP contribution in [-0.4, -0.2) is 16.1 Å². The molecule has 1 unspecified atom stereocenters. The number of nitrogens with zero attached hydrogens (tertiary/aromatic N) is 1. The number of aryl methyl sites for hydroxylation is 2. The smallest absolute Gasteiger partial charge is 0.312 e. The lowest BCUT2D eigenvalue weighted by Crippen LogP contribution is -2.08. The van der Waals surface area contributed by atoms with Gasteiger partial charge in [0, 0.05) is 4.88 Å². The Morgan fingerprint density at radius 1 is 1.59 bits per heavy atom. The van der Waals surface area contributed by atoms with Crippen molar-refractivity contribution >= 4 is 28.6 Å². The Morgan fingerprint density at radius 3 is 3.06 bits per heavy atom. The summed E-state index contributed by atoms with van der Waals surface area (Å²) in [5.74, 6) is -1.14. The Balaban J connectivity index is 2.04. The first-order valence-electron chi connectivity index (χ1n) is 5.43. The minimum atomic E-state index is -0.747. The van der Waals surface area contributed by atoms with Gasteiger partial charge in [0.05, 0.1) is 10.6 Å². The van der Waals surface area contributed by atoms with E-state index < -0.39 is 11.9 Å². The van der Waals surface area contributed by atoms with Crippen LogP contribution < -0.4 is 0 Å². The fourth-order valence-electron chi connectivity index (χ4n) is 2.16. The number of rotatable bonds is 2. The van der Waals surface area contributed by atoms with E-state index in [0.717, 1.165) is 22.0 Å². The van der Waals surface area contributed by atoms with Gasteiger partial charge in [-0.05, 0) is 36.8 Å². The van der Waals surface area contributed by atoms with Gasteiger partial charge < -0.3 is 5.11 Å². The van der Waals surface area contributed by atoms with Gasteiger partial charge in [-0.2, -0.15) is 0 Å². The number of hydrogen-bond acceptors (Lipinski definition) is 4. The molecule has 2 heterocycles. The average molecular weight is 265 g/mol. The molecule has 0 radical (unpaired) electrons. The van der Waals surface area contributed by atoms with Crippen molar-refractivity contribution in [1.82, 2.24) is 4.98 Å². The molecule has 2 aromatic heterocycles. The predicted octanol–water partition coefficient (Wildman–Crippen LogP) is 3.29. The third kappa shape index (κ3) is 1.70. The van der Waals surface area contributed by atoms with Gasteiger partial charge in [0.15, 0.2) is 0 Å². The molecule has 1 aliphatic rings. The van der Waals surface area contributed by atoms with Crippen molar-refractivity contribution in [3.05, 3.63) is 27.6 Å². The summed E-state index contributed by atoms with van der Waals surface area (Å²) in [4.78, 5) is 18.0. The van der Waals surface area contributed by atoms with E-state index in [-0.39, 0.29) is 0 Å². The quantitative estimate of drug-likeness (QED) is 0.906. The second-order valence-electron chi connectivity index (χ2n) is 4.19. The third-order valence-electron chi connectivity index (χ3n) is 3.07. The summed E-state index contributed by atoms with van der Waals surface area (Å²) >= 11 is 3.32. The lowest BCUT2D eigenvalue weighted by molar-refractivity contribution is -0.138. The predicted molar refractivity (Wildman–Crippen MR) is 68.9 cm³/mol. The fraction of sp³-hybridized carbons (Fsp3) is 0.333. The molecular formula is C12H11NO2S2. The maximum absolute atomic E-state index is 11.1. The molecule has 1 aliphatic carbocycles. The second-order valence-corrected chi connectivity index (χ2v) is 6.19. The Morgan fingerprint density at radius 2 is 2.41 bits per heavy atom. The highest BCUT2D eigenvalue weighted by Crippen LogP contribution is 2.41. The summed E-state index contributed by atoms with van der Waals surface area (Å²) in [5, 5.41) is 12.1. The van der Waals surface area contributed by atoms with Crippen LogP contribution in [0, 0.1) is 6.92 Å². The molecule has 3 rings (SSSR count). The molecule has 0 bridgehead atoms. The molecule has 1 N–H and O–H groups in total. The summed E-state index contributed by atoms with van der Waals surface area (Å²) in [5.41, 5.74) is 2.01. The number of aliphatic carboxylic acids is 1. The largest absolute Gasteiger partial charge is 0.481 e. The number of aromatic nitrogens is 1. The van der Waals surface area contributed by atoms with Crippen LogP contribution in [0.2, 0.25) is 0 Å². The van der Waals surface area contributed by atoms with E-state index in [0.29, 0.717) is 6.42 Å². The highest BCUT2D eigenvalue weighted by atomic mass is 32.1. The van der Waals surface area contributed by atoms with Crippen LogP contribution in [0.15, 0.2) is 11.4 Å². The summed E-state index contributed by atoms with van der Waals surface area (Å²) in [6, 6.07) is 2.07. The van der Waals surface area contributed by atoms with Gasteiger partial charge in [-0.25, -0.2) is 4.98 Å². The first-order valence-corrected chi connectivity index (χ1v) is 7.13. The number of carboxylic acid groups (broad SMARTS) is 1. The standard InChI is InChI=1S/C12H11NO2S2/c1-6-4-5-16-10(6)11-13-9-7(12(14)15)2-3-8(9)17-11/h4-5,7H,2-3H2,1H3,(H,14,15). The molecule has 0 amide bonds. The van der Waals surface area contributed by atoms with Crippen LogP contribution in [0.4, 0.5) is 0 Å². The zero-order valence-corrected chi connectivity index (χ0v) is 10.9. The molecule has 17 heavy (non-hydrogen) atoms. The SMILES string of the molecule is Cc1ccsc1-c1nc2c(s1)CCC2C(=O)O. The lowest BCUT2D eigenvalue weighted by Gasteiger charge is -2.01. The molecular weight excluding hydrogens is 254 g/mol. The highest BCUT2D eigenvalue weighted by molar-refractivity contribution is 7.21. The van der Waals surface area contributed by atoms with Gasteiger partial charge in [0.1, 0.15) is 10.9 Å². The molecule has 1 atom stereocenters. The molecule has 0 saturated carbocycles. The zero-order chi connectivity index (χ0) is 12.0. The maximum Gasteiger partial charge on any atom is 0.312 e. The Bertz CT molecular complexity index is 585. The van der Waals surface area contributed by atoms with E-state index in [9.17, 15) is 4.79 Å². The second kappa shape index (κ2) is 3.92. The summed E-state index contributed by atoms with van der Waals surface area (Å²) in [6.07, 6.45) is 1.56. The monoisotopic (exact) mass is 265 g/mol. The Hall–Kier alpha value is -1.20. The molecule has 0 spiro atoms. The summed E-state index contributed by atoms with van der Waals surface area (Å²) < 4.78 is 0. The van der Waals surface area contributed by atoms with E-state index in [1.807, 2.05) is 5.38 Å². The van der Waals surface area contributed by atoms with Crippen LogP contribution in [0.25, 0.3) is 9.88 Å². The molecule has 0 aliphatic heterocycles. The molecule has 3 nitrogen and oxygen atoms in total. The van der Waals surface area contributed by atoms with Crippen molar-refractivity contribution in [1.29, 1.82) is 0 Å². The zero-order valence-electron chi connectivity index (χ0n) is 9.27. The fourth-order valence-corrected chi connectivity index (χ4v) is 4.38. The van der Waals surface area contributed by atoms with Crippen molar-refractivity contribution in [2.75, 3.05) is 0 Å². The van der Waals surface area contributed by atoms with Crippen molar-refractivity contribution in [3.8, 4) is 9.88 Å². The van der Waals surface area contributed by atoms with Crippen molar-refractivity contribution in [2.45, 2.75) is 25.7 Å². The summed E-state index contributed by atoms with van der Waals surface area (Å²) in [6.45, 7) is 2.06. The number of hydrogen-bond donors (Lipinski definition) is 1. The minimum absolute atomic E-state index is 0.393. The number of carboxylic acids is 1. The topological polar surface area (TPSA) is 50.2 Å². The first-order chi connectivity index (χ1) is 8.16. The van der Waals surface area contributed by atoms with Crippen molar-refractivity contribution in [2.24, 2.45) is 0 Å². The van der Waals surface area contributed by atoms with Gasteiger partial charge in [0.25, 0.3) is 0 Å². The van der Waals surface area contributed by atoms with Crippen LogP contribution in [0.5, 0.6) is 0 Å². The van der Waals surface area contributed by atoms with Crippen LogP contribution in [-0.2, 0) is 11.2 Å². The molecule has 0 saturated heterocycles.